The van der Waals surface area contributed by atoms with Crippen LogP contribution >= 0.6 is 11.8 Å². The fourth-order valence-electron chi connectivity index (χ4n) is 3.18. The van der Waals surface area contributed by atoms with Crippen LogP contribution in [0.3, 0.4) is 0 Å². The summed E-state index contributed by atoms with van der Waals surface area (Å²) >= 11 is 1.62. The van der Waals surface area contributed by atoms with Crippen molar-refractivity contribution in [1.82, 2.24) is 0 Å². The van der Waals surface area contributed by atoms with E-state index >= 15 is 0 Å². The van der Waals surface area contributed by atoms with E-state index < -0.39 is 23.9 Å². The van der Waals surface area contributed by atoms with Crippen LogP contribution in [0.2, 0.25) is 0 Å². The Morgan fingerprint density at radius 1 is 1.17 bits per heavy atom. The second kappa shape index (κ2) is 9.67. The topological polar surface area (TPSA) is 84.9 Å². The predicted molar refractivity (Wildman–Crippen MR) is 116 cm³/mol. The molecule has 2 aromatic carbocycles. The molecule has 1 aliphatic rings. The fraction of sp³-hybridized carbons (Fsp3) is 0.318. The highest BCUT2D eigenvalue weighted by Crippen LogP contribution is 2.28. The van der Waals surface area contributed by atoms with E-state index in [4.69, 9.17) is 9.47 Å². The number of ether oxygens (including phenoxy) is 2. The van der Waals surface area contributed by atoms with E-state index in [-0.39, 0.29) is 18.9 Å². The molecule has 2 atom stereocenters. The van der Waals surface area contributed by atoms with Crippen LogP contribution in [0.1, 0.15) is 13.3 Å². The number of carbonyl (C=O) groups is 3. The minimum atomic E-state index is -1.01. The molecule has 1 fully saturated rings. The van der Waals surface area contributed by atoms with E-state index in [9.17, 15) is 14.4 Å². The van der Waals surface area contributed by atoms with Crippen molar-refractivity contribution in [2.75, 3.05) is 30.1 Å². The Morgan fingerprint density at radius 3 is 2.53 bits per heavy atom. The number of hydrogen-bond acceptors (Lipinski definition) is 6. The number of methoxy groups -OCH3 is 1. The maximum absolute atomic E-state index is 12.5. The molecule has 7 nitrogen and oxygen atoms in total. The molecule has 8 heteroatoms. The summed E-state index contributed by atoms with van der Waals surface area (Å²) in [6.07, 6.45) is 1.03. The molecule has 0 bridgehead atoms. The maximum atomic E-state index is 12.5. The molecule has 3 rings (SSSR count). The molecule has 2 unspecified atom stereocenters. The summed E-state index contributed by atoms with van der Waals surface area (Å²) in [5, 5.41) is 2.69. The van der Waals surface area contributed by atoms with Gasteiger partial charge in [0.1, 0.15) is 5.75 Å². The number of amides is 2. The summed E-state index contributed by atoms with van der Waals surface area (Å²) in [7, 11) is 1.51. The van der Waals surface area contributed by atoms with Crippen LogP contribution in [-0.4, -0.2) is 43.8 Å². The minimum absolute atomic E-state index is 0.0595. The van der Waals surface area contributed by atoms with Gasteiger partial charge < -0.3 is 19.7 Å². The zero-order valence-corrected chi connectivity index (χ0v) is 17.9. The first-order valence-corrected chi connectivity index (χ1v) is 10.7. The second-order valence-electron chi connectivity index (χ2n) is 6.87. The zero-order chi connectivity index (χ0) is 21.7. The lowest BCUT2D eigenvalue weighted by Gasteiger charge is -2.18. The molecule has 1 heterocycles. The first-order chi connectivity index (χ1) is 14.4. The normalized spacial score (nSPS) is 16.8. The van der Waals surface area contributed by atoms with E-state index in [0.29, 0.717) is 11.4 Å². The van der Waals surface area contributed by atoms with Gasteiger partial charge in [-0.25, -0.2) is 0 Å². The monoisotopic (exact) mass is 428 g/mol. The van der Waals surface area contributed by atoms with Crippen molar-refractivity contribution in [2.24, 2.45) is 5.92 Å². The molecule has 0 spiro atoms. The third-order valence-corrected chi connectivity index (χ3v) is 5.61. The van der Waals surface area contributed by atoms with Gasteiger partial charge in [-0.3, -0.25) is 14.4 Å². The zero-order valence-electron chi connectivity index (χ0n) is 17.1. The van der Waals surface area contributed by atoms with Crippen LogP contribution in [0.5, 0.6) is 5.75 Å². The first kappa shape index (κ1) is 21.7. The summed E-state index contributed by atoms with van der Waals surface area (Å²) in [5.41, 5.74) is 1.24. The third-order valence-electron chi connectivity index (χ3n) is 4.87. The van der Waals surface area contributed by atoms with Crippen LogP contribution in [0, 0.1) is 5.92 Å². The van der Waals surface area contributed by atoms with Gasteiger partial charge in [0.25, 0.3) is 5.91 Å². The van der Waals surface area contributed by atoms with E-state index in [2.05, 4.69) is 5.32 Å². The molecule has 2 aromatic rings. The molecule has 30 heavy (non-hydrogen) atoms. The Morgan fingerprint density at radius 2 is 1.87 bits per heavy atom. The lowest BCUT2D eigenvalue weighted by atomic mass is 10.1. The van der Waals surface area contributed by atoms with Gasteiger partial charge in [-0.1, -0.05) is 12.1 Å². The second-order valence-corrected chi connectivity index (χ2v) is 7.75. The van der Waals surface area contributed by atoms with Gasteiger partial charge in [0.15, 0.2) is 6.10 Å². The van der Waals surface area contributed by atoms with Crippen molar-refractivity contribution in [3.05, 3.63) is 48.5 Å². The summed E-state index contributed by atoms with van der Waals surface area (Å²) in [6.45, 7) is 1.73. The summed E-state index contributed by atoms with van der Waals surface area (Å²) < 4.78 is 10.5. The number of nitrogens with one attached hydrogen (secondary N) is 1. The van der Waals surface area contributed by atoms with Gasteiger partial charge in [0.2, 0.25) is 5.91 Å². The summed E-state index contributed by atoms with van der Waals surface area (Å²) in [6, 6.07) is 14.6. The Bertz CT molecular complexity index is 931. The molecular formula is C22H24N2O5S. The Balaban J connectivity index is 1.58. The molecule has 0 saturated carbocycles. The number of para-hydroxylation sites is 2. The van der Waals surface area contributed by atoms with Crippen LogP contribution < -0.4 is 15.0 Å². The Labute approximate surface area is 179 Å². The standard InChI is InChI=1S/C22H24N2O5S/c1-14(21(26)23-18-6-4-5-7-19(18)28-2)29-22(27)15-12-20(25)24(13-15)16-8-10-17(30-3)11-9-16/h4-11,14-15H,12-13H2,1-3H3,(H,23,26). The predicted octanol–water partition coefficient (Wildman–Crippen LogP) is 3.34. The van der Waals surface area contributed by atoms with Crippen LogP contribution in [0.4, 0.5) is 11.4 Å². The molecular weight excluding hydrogens is 404 g/mol. The first-order valence-electron chi connectivity index (χ1n) is 9.51. The van der Waals surface area contributed by atoms with Crippen LogP contribution in [0.15, 0.2) is 53.4 Å². The van der Waals surface area contributed by atoms with Crippen molar-refractivity contribution in [2.45, 2.75) is 24.3 Å². The molecule has 0 aliphatic carbocycles. The molecule has 2 amide bonds. The molecule has 0 aromatic heterocycles. The number of esters is 1. The van der Waals surface area contributed by atoms with Crippen molar-refractivity contribution in [3.8, 4) is 5.75 Å². The molecule has 1 aliphatic heterocycles. The van der Waals surface area contributed by atoms with Gasteiger partial charge in [-0.15, -0.1) is 11.8 Å². The highest BCUT2D eigenvalue weighted by molar-refractivity contribution is 7.98. The summed E-state index contributed by atoms with van der Waals surface area (Å²) in [4.78, 5) is 40.0. The number of thioether (sulfide) groups is 1. The SMILES string of the molecule is COc1ccccc1NC(=O)C(C)OC(=O)C1CC(=O)N(c2ccc(SC)cc2)C1. The molecule has 0 radical (unpaired) electrons. The van der Waals surface area contributed by atoms with Crippen LogP contribution in [-0.2, 0) is 19.1 Å². The number of nitrogens with zero attached hydrogens (tertiary/aromatic N) is 1. The van der Waals surface area contributed by atoms with Crippen LogP contribution in [0.25, 0.3) is 0 Å². The van der Waals surface area contributed by atoms with E-state index in [1.165, 1.54) is 14.0 Å². The fourth-order valence-corrected chi connectivity index (χ4v) is 3.59. The van der Waals surface area contributed by atoms with E-state index in [1.54, 1.807) is 40.9 Å². The third kappa shape index (κ3) is 4.94. The molecule has 1 N–H and O–H groups in total. The highest BCUT2D eigenvalue weighted by Gasteiger charge is 2.37. The number of benzene rings is 2. The van der Waals surface area contributed by atoms with E-state index in [1.807, 2.05) is 30.5 Å². The van der Waals surface area contributed by atoms with Crippen molar-refractivity contribution >= 4 is 40.9 Å². The molecule has 158 valence electrons. The molecule has 1 saturated heterocycles. The average Bonchev–Trinajstić information content (AvgIpc) is 3.15. The van der Waals surface area contributed by atoms with Gasteiger partial charge in [0.05, 0.1) is 18.7 Å². The number of anilines is 2. The quantitative estimate of drug-likeness (QED) is 0.538. The van der Waals surface area contributed by atoms with Crippen molar-refractivity contribution < 1.29 is 23.9 Å². The lowest BCUT2D eigenvalue weighted by Crippen LogP contribution is -2.33. The average molecular weight is 429 g/mol. The lowest BCUT2D eigenvalue weighted by molar-refractivity contribution is -0.157. The smallest absolute Gasteiger partial charge is 0.312 e. The van der Waals surface area contributed by atoms with Gasteiger partial charge in [-0.2, -0.15) is 0 Å². The number of carbonyl (C=O) groups excluding carboxylic acids is 3. The largest absolute Gasteiger partial charge is 0.495 e. The Hall–Kier alpha value is -3.00. The number of rotatable bonds is 7. The van der Waals surface area contributed by atoms with Gasteiger partial charge >= 0.3 is 5.97 Å². The van der Waals surface area contributed by atoms with Gasteiger partial charge in [-0.05, 0) is 49.6 Å². The maximum Gasteiger partial charge on any atom is 0.312 e. The minimum Gasteiger partial charge on any atom is -0.495 e. The summed E-state index contributed by atoms with van der Waals surface area (Å²) in [5.74, 6) is -1.27. The van der Waals surface area contributed by atoms with E-state index in [0.717, 1.165) is 10.6 Å². The Kier molecular flexibility index (Phi) is 6.99. The highest BCUT2D eigenvalue weighted by atomic mass is 32.2. The number of hydrogen-bond donors (Lipinski definition) is 1. The van der Waals surface area contributed by atoms with Crippen molar-refractivity contribution in [1.29, 1.82) is 0 Å². The van der Waals surface area contributed by atoms with Gasteiger partial charge in [0, 0.05) is 23.5 Å². The van der Waals surface area contributed by atoms with Crippen molar-refractivity contribution in [3.63, 3.8) is 0 Å².